The first-order valence-electron chi connectivity index (χ1n) is 9.31. The van der Waals surface area contributed by atoms with E-state index in [4.69, 9.17) is 5.10 Å². The number of carboxylic acid groups (broad SMARTS) is 1. The van der Waals surface area contributed by atoms with Gasteiger partial charge in [-0.2, -0.15) is 0 Å². The molecule has 6 rings (SSSR count). The number of nitrogens with zero attached hydrogens (tertiary/aromatic N) is 3. The summed E-state index contributed by atoms with van der Waals surface area (Å²) in [5.41, 5.74) is 3.86. The van der Waals surface area contributed by atoms with Crippen molar-refractivity contribution >= 4 is 55.1 Å². The molecule has 0 saturated heterocycles. The summed E-state index contributed by atoms with van der Waals surface area (Å²) in [6.07, 6.45) is 0.0707. The largest absolute Gasteiger partial charge is 1.00 e. The summed E-state index contributed by atoms with van der Waals surface area (Å²) in [4.78, 5) is 11.2. The Kier molecular flexibility index (Phi) is 3.93. The van der Waals surface area contributed by atoms with Gasteiger partial charge in [-0.1, -0.05) is 58.1 Å². The highest BCUT2D eigenvalue weighted by molar-refractivity contribution is 6.29. The van der Waals surface area contributed by atoms with Gasteiger partial charge in [0.1, 0.15) is 12.1 Å². The summed E-state index contributed by atoms with van der Waals surface area (Å²) in [5.74, 6) is -0.803. The highest BCUT2D eigenvalue weighted by atomic mass is 79.9. The number of aryl methyl sites for hydroxylation is 1. The average Bonchev–Trinajstić information content (AvgIpc) is 3.20. The summed E-state index contributed by atoms with van der Waals surface area (Å²) in [5, 5.41) is 20.1. The van der Waals surface area contributed by atoms with Crippen LogP contribution in [0.5, 0.6) is 0 Å². The molecule has 0 aliphatic heterocycles. The second kappa shape index (κ2) is 6.39. The minimum atomic E-state index is -0.803. The van der Waals surface area contributed by atoms with E-state index in [1.54, 1.807) is 0 Å². The molecule has 0 spiro atoms. The van der Waals surface area contributed by atoms with Crippen LogP contribution >= 0.6 is 0 Å². The number of carboxylic acids is 1. The summed E-state index contributed by atoms with van der Waals surface area (Å²) >= 11 is 0. The van der Waals surface area contributed by atoms with E-state index in [2.05, 4.69) is 47.0 Å². The van der Waals surface area contributed by atoms with Crippen LogP contribution < -0.4 is 21.5 Å². The lowest BCUT2D eigenvalue weighted by Crippen LogP contribution is -3.00. The first-order chi connectivity index (χ1) is 13.7. The maximum absolute atomic E-state index is 11.2. The number of halogens is 1. The van der Waals surface area contributed by atoms with E-state index in [0.29, 0.717) is 6.54 Å². The first kappa shape index (κ1) is 17.8. The third kappa shape index (κ3) is 2.42. The molecule has 0 aliphatic rings. The number of hydrogen-bond donors (Lipinski definition) is 1. The number of benzene rings is 3. The van der Waals surface area contributed by atoms with Gasteiger partial charge in [0.15, 0.2) is 5.52 Å². The van der Waals surface area contributed by atoms with Crippen LogP contribution in [0.1, 0.15) is 6.42 Å². The molecule has 29 heavy (non-hydrogen) atoms. The zero-order chi connectivity index (χ0) is 18.8. The van der Waals surface area contributed by atoms with Gasteiger partial charge in [-0.3, -0.25) is 4.79 Å². The fraction of sp³-hybridized carbons (Fsp3) is 0.0870. The van der Waals surface area contributed by atoms with Crippen molar-refractivity contribution in [1.29, 1.82) is 0 Å². The Morgan fingerprint density at radius 3 is 2.52 bits per heavy atom. The Morgan fingerprint density at radius 1 is 0.966 bits per heavy atom. The van der Waals surface area contributed by atoms with E-state index < -0.39 is 5.97 Å². The lowest BCUT2D eigenvalue weighted by Gasteiger charge is -1.97. The SMILES string of the molecule is O=C(O)CC[n+]1c2ccccc2n2nc3c(cc21)c1cccc2cccc3c21.[Br-]. The number of carbonyl (C=O) groups is 1. The van der Waals surface area contributed by atoms with Crippen LogP contribution in [0, 0.1) is 0 Å². The fourth-order valence-electron chi connectivity index (χ4n) is 4.44. The Bertz CT molecular complexity index is 1550. The van der Waals surface area contributed by atoms with Crippen LogP contribution in [-0.2, 0) is 11.3 Å². The summed E-state index contributed by atoms with van der Waals surface area (Å²) in [7, 11) is 0. The minimum absolute atomic E-state index is 0. The van der Waals surface area contributed by atoms with Crippen molar-refractivity contribution in [2.24, 2.45) is 0 Å². The zero-order valence-corrected chi connectivity index (χ0v) is 16.9. The van der Waals surface area contributed by atoms with Crippen molar-refractivity contribution in [1.82, 2.24) is 9.61 Å². The molecule has 4 aromatic carbocycles. The van der Waals surface area contributed by atoms with E-state index in [-0.39, 0.29) is 23.4 Å². The van der Waals surface area contributed by atoms with Gasteiger partial charge in [-0.05, 0) is 28.3 Å². The van der Waals surface area contributed by atoms with Gasteiger partial charge in [-0.25, -0.2) is 4.57 Å². The van der Waals surface area contributed by atoms with Crippen molar-refractivity contribution < 1.29 is 31.4 Å². The van der Waals surface area contributed by atoms with Gasteiger partial charge in [0.25, 0.3) is 0 Å². The molecular weight excluding hydrogens is 430 g/mol. The molecule has 0 fully saturated rings. The molecule has 0 unspecified atom stereocenters. The zero-order valence-electron chi connectivity index (χ0n) is 15.3. The van der Waals surface area contributed by atoms with Gasteiger partial charge in [0.05, 0.1) is 6.42 Å². The molecule has 2 aromatic heterocycles. The summed E-state index contributed by atoms with van der Waals surface area (Å²) < 4.78 is 4.00. The monoisotopic (exact) mass is 445 g/mol. The summed E-state index contributed by atoms with van der Waals surface area (Å²) in [6.45, 7) is 0.407. The van der Waals surface area contributed by atoms with E-state index >= 15 is 0 Å². The molecule has 0 amide bonds. The second-order valence-corrected chi connectivity index (χ2v) is 7.17. The van der Waals surface area contributed by atoms with Crippen LogP contribution in [-0.4, -0.2) is 20.7 Å². The number of para-hydroxylation sites is 2. The number of aliphatic carboxylic acids is 1. The predicted molar refractivity (Wildman–Crippen MR) is 109 cm³/mol. The van der Waals surface area contributed by atoms with Crippen LogP contribution in [0.3, 0.4) is 0 Å². The average molecular weight is 446 g/mol. The van der Waals surface area contributed by atoms with Crippen LogP contribution in [0.15, 0.2) is 66.7 Å². The maximum atomic E-state index is 11.2. The smallest absolute Gasteiger partial charge is 0.308 e. The second-order valence-electron chi connectivity index (χ2n) is 7.17. The molecule has 0 aliphatic carbocycles. The first-order valence-corrected chi connectivity index (χ1v) is 9.31. The Labute approximate surface area is 175 Å². The van der Waals surface area contributed by atoms with Crippen molar-refractivity contribution in [3.63, 3.8) is 0 Å². The molecule has 6 aromatic rings. The van der Waals surface area contributed by atoms with Gasteiger partial charge in [-0.15, -0.1) is 0 Å². The molecule has 5 nitrogen and oxygen atoms in total. The molecule has 0 saturated carbocycles. The third-order valence-electron chi connectivity index (χ3n) is 5.62. The molecular formula is C23H16BrN3O2. The molecule has 0 radical (unpaired) electrons. The normalized spacial score (nSPS) is 11.7. The predicted octanol–water partition coefficient (Wildman–Crippen LogP) is 1.15. The van der Waals surface area contributed by atoms with E-state index in [0.717, 1.165) is 33.0 Å². The van der Waals surface area contributed by atoms with Crippen LogP contribution in [0.2, 0.25) is 0 Å². The van der Waals surface area contributed by atoms with Gasteiger partial charge in [0, 0.05) is 16.8 Å². The lowest BCUT2D eigenvalue weighted by molar-refractivity contribution is -0.644. The number of imidazole rings is 1. The topological polar surface area (TPSA) is 58.5 Å². The molecule has 1 N–H and O–H groups in total. The lowest BCUT2D eigenvalue weighted by atomic mass is 10.1. The highest BCUT2D eigenvalue weighted by Gasteiger charge is 2.24. The molecule has 2 heterocycles. The number of hydrogen-bond acceptors (Lipinski definition) is 2. The van der Waals surface area contributed by atoms with Crippen molar-refractivity contribution in [2.75, 3.05) is 0 Å². The summed E-state index contributed by atoms with van der Waals surface area (Å²) in [6, 6.07) is 22.8. The van der Waals surface area contributed by atoms with E-state index in [1.165, 1.54) is 16.2 Å². The van der Waals surface area contributed by atoms with E-state index in [9.17, 15) is 9.90 Å². The van der Waals surface area contributed by atoms with E-state index in [1.807, 2.05) is 28.8 Å². The maximum Gasteiger partial charge on any atom is 0.308 e. The van der Waals surface area contributed by atoms with Gasteiger partial charge in [0.2, 0.25) is 5.52 Å². The van der Waals surface area contributed by atoms with Crippen LogP contribution in [0.4, 0.5) is 0 Å². The third-order valence-corrected chi connectivity index (χ3v) is 5.62. The number of aromatic nitrogens is 3. The number of rotatable bonds is 3. The fourth-order valence-corrected chi connectivity index (χ4v) is 4.44. The Balaban J connectivity index is 0.00000181. The van der Waals surface area contributed by atoms with Crippen LogP contribution in [0.25, 0.3) is 49.1 Å². The Hall–Kier alpha value is -3.25. The van der Waals surface area contributed by atoms with Crippen molar-refractivity contribution in [2.45, 2.75) is 13.0 Å². The quantitative estimate of drug-likeness (QED) is 0.415. The van der Waals surface area contributed by atoms with Crippen molar-refractivity contribution in [3.8, 4) is 0 Å². The highest BCUT2D eigenvalue weighted by Crippen LogP contribution is 2.37. The Morgan fingerprint density at radius 2 is 1.72 bits per heavy atom. The van der Waals surface area contributed by atoms with Crippen molar-refractivity contribution in [3.05, 3.63) is 66.7 Å². The number of fused-ring (bicyclic) bond motifs is 6. The molecule has 142 valence electrons. The van der Waals surface area contributed by atoms with Gasteiger partial charge < -0.3 is 22.1 Å². The molecule has 6 heteroatoms. The minimum Gasteiger partial charge on any atom is -1.00 e. The molecule has 0 atom stereocenters. The van der Waals surface area contributed by atoms with Gasteiger partial charge >= 0.3 is 11.6 Å². The molecule has 0 bridgehead atoms. The standard InChI is InChI=1S/C23H15N3O2.BrH/c27-21(28)11-12-25-18-9-1-2-10-19(18)26-20(25)13-17-15-7-3-5-14-6-4-8-16(22(14)15)23(17)24-26;/h1-10,13H,11-12H2;1H.